The molecule has 0 atom stereocenters. The topological polar surface area (TPSA) is 114 Å². The number of aromatic amines is 1. The van der Waals surface area contributed by atoms with Crippen molar-refractivity contribution in [2.45, 2.75) is 6.54 Å². The van der Waals surface area contributed by atoms with Crippen LogP contribution in [0.3, 0.4) is 0 Å². The van der Waals surface area contributed by atoms with Gasteiger partial charge in [0.05, 0.1) is 6.54 Å². The third-order valence-electron chi connectivity index (χ3n) is 3.93. The predicted molar refractivity (Wildman–Crippen MR) is 95.1 cm³/mol. The van der Waals surface area contributed by atoms with Crippen molar-refractivity contribution in [3.63, 3.8) is 0 Å². The summed E-state index contributed by atoms with van der Waals surface area (Å²) in [5.74, 6) is 1.29. The van der Waals surface area contributed by atoms with Crippen molar-refractivity contribution < 1.29 is 9.32 Å². The molecule has 0 radical (unpaired) electrons. The maximum Gasteiger partial charge on any atom is 0.254 e. The lowest BCUT2D eigenvalue weighted by atomic mass is 10.1. The zero-order chi connectivity index (χ0) is 18.6. The molecule has 3 aromatic heterocycles. The van der Waals surface area contributed by atoms with Gasteiger partial charge in [0, 0.05) is 36.1 Å². The Labute approximate surface area is 154 Å². The molecule has 1 aromatic carbocycles. The molecule has 0 saturated carbocycles. The molecule has 0 spiro atoms. The van der Waals surface area contributed by atoms with Crippen LogP contribution in [0.4, 0.5) is 0 Å². The van der Waals surface area contributed by atoms with Crippen LogP contribution in [0.15, 0.2) is 59.6 Å². The first-order valence-corrected chi connectivity index (χ1v) is 8.15. The first-order valence-electron chi connectivity index (χ1n) is 8.15. The van der Waals surface area contributed by atoms with Gasteiger partial charge < -0.3 is 9.42 Å². The van der Waals surface area contributed by atoms with Gasteiger partial charge in [0.1, 0.15) is 6.33 Å². The molecule has 0 saturated heterocycles. The highest BCUT2D eigenvalue weighted by atomic mass is 16.5. The summed E-state index contributed by atoms with van der Waals surface area (Å²) in [5, 5.41) is 10.5. The molecule has 0 aliphatic carbocycles. The molecule has 9 nitrogen and oxygen atoms in total. The minimum Gasteiger partial charge on any atom is -0.337 e. The van der Waals surface area contributed by atoms with Crippen LogP contribution in [0, 0.1) is 0 Å². The molecule has 134 valence electrons. The molecule has 4 aromatic rings. The van der Waals surface area contributed by atoms with E-state index in [0.29, 0.717) is 23.1 Å². The lowest BCUT2D eigenvalue weighted by molar-refractivity contribution is 0.0769. The number of carbonyl (C=O) groups is 1. The lowest BCUT2D eigenvalue weighted by Crippen LogP contribution is -2.26. The number of nitrogens with zero attached hydrogens (tertiary/aromatic N) is 6. The largest absolute Gasteiger partial charge is 0.337 e. The van der Waals surface area contributed by atoms with Gasteiger partial charge in [0.15, 0.2) is 5.82 Å². The van der Waals surface area contributed by atoms with Gasteiger partial charge in [0.25, 0.3) is 5.91 Å². The molecule has 0 fully saturated rings. The number of pyridine rings is 1. The first-order chi connectivity index (χ1) is 13.2. The summed E-state index contributed by atoms with van der Waals surface area (Å²) in [6, 6.07) is 10.7. The van der Waals surface area contributed by atoms with Crippen molar-refractivity contribution >= 4 is 5.91 Å². The van der Waals surface area contributed by atoms with E-state index in [1.165, 1.54) is 11.2 Å². The number of benzene rings is 1. The van der Waals surface area contributed by atoms with Gasteiger partial charge in [-0.25, -0.2) is 4.98 Å². The highest BCUT2D eigenvalue weighted by Crippen LogP contribution is 2.17. The highest BCUT2D eigenvalue weighted by molar-refractivity contribution is 5.94. The van der Waals surface area contributed by atoms with Gasteiger partial charge in [-0.15, -0.1) is 0 Å². The number of rotatable bonds is 5. The van der Waals surface area contributed by atoms with Crippen molar-refractivity contribution in [3.05, 3.63) is 66.6 Å². The Morgan fingerprint density at radius 2 is 2.04 bits per heavy atom. The smallest absolute Gasteiger partial charge is 0.254 e. The Hall–Kier alpha value is -3.88. The minimum atomic E-state index is -0.153. The van der Waals surface area contributed by atoms with Gasteiger partial charge in [-0.1, -0.05) is 17.3 Å². The van der Waals surface area contributed by atoms with Crippen molar-refractivity contribution in [2.24, 2.45) is 0 Å². The van der Waals surface area contributed by atoms with Gasteiger partial charge in [-0.2, -0.15) is 10.1 Å². The van der Waals surface area contributed by atoms with E-state index in [0.717, 1.165) is 11.1 Å². The molecule has 1 amide bonds. The number of hydrogen-bond donors (Lipinski definition) is 1. The molecule has 1 N–H and O–H groups in total. The zero-order valence-electron chi connectivity index (χ0n) is 14.4. The number of H-pyrrole nitrogens is 1. The summed E-state index contributed by atoms with van der Waals surface area (Å²) in [5.41, 5.74) is 2.15. The Morgan fingerprint density at radius 3 is 2.74 bits per heavy atom. The van der Waals surface area contributed by atoms with Crippen molar-refractivity contribution in [3.8, 4) is 22.8 Å². The number of hydrogen-bond acceptors (Lipinski definition) is 7. The zero-order valence-corrected chi connectivity index (χ0v) is 14.4. The maximum absolute atomic E-state index is 12.6. The van der Waals surface area contributed by atoms with Crippen molar-refractivity contribution in [1.29, 1.82) is 0 Å². The maximum atomic E-state index is 12.6. The van der Waals surface area contributed by atoms with Gasteiger partial charge in [-0.05, 0) is 24.3 Å². The monoisotopic (exact) mass is 361 g/mol. The SMILES string of the molecule is CN(Cc1nc(-c2cccnc2)no1)C(=O)c1ccc(-c2ncn[nH]2)cc1. The molecule has 0 aliphatic heterocycles. The summed E-state index contributed by atoms with van der Waals surface area (Å²) in [4.78, 5) is 26.6. The minimum absolute atomic E-state index is 0.153. The van der Waals surface area contributed by atoms with E-state index in [-0.39, 0.29) is 12.5 Å². The van der Waals surface area contributed by atoms with E-state index in [4.69, 9.17) is 4.52 Å². The molecule has 0 unspecified atom stereocenters. The second kappa shape index (κ2) is 7.16. The number of aromatic nitrogens is 6. The van der Waals surface area contributed by atoms with Crippen LogP contribution < -0.4 is 0 Å². The summed E-state index contributed by atoms with van der Waals surface area (Å²) < 4.78 is 5.24. The van der Waals surface area contributed by atoms with Crippen LogP contribution in [-0.4, -0.2) is 48.2 Å². The van der Waals surface area contributed by atoms with Gasteiger partial charge in [0.2, 0.25) is 11.7 Å². The summed E-state index contributed by atoms with van der Waals surface area (Å²) >= 11 is 0. The van der Waals surface area contributed by atoms with E-state index in [2.05, 4.69) is 30.3 Å². The van der Waals surface area contributed by atoms with Crippen LogP contribution in [0.1, 0.15) is 16.2 Å². The Bertz CT molecular complexity index is 1030. The normalized spacial score (nSPS) is 10.7. The summed E-state index contributed by atoms with van der Waals surface area (Å²) in [7, 11) is 1.68. The van der Waals surface area contributed by atoms with Crippen LogP contribution in [-0.2, 0) is 6.54 Å². The van der Waals surface area contributed by atoms with Crippen molar-refractivity contribution in [2.75, 3.05) is 7.05 Å². The van der Waals surface area contributed by atoms with E-state index < -0.39 is 0 Å². The molecular formula is C18H15N7O2. The molecule has 9 heteroatoms. The summed E-state index contributed by atoms with van der Waals surface area (Å²) in [6.07, 6.45) is 4.76. The number of amides is 1. The number of carbonyl (C=O) groups excluding carboxylic acids is 1. The lowest BCUT2D eigenvalue weighted by Gasteiger charge is -2.14. The third kappa shape index (κ3) is 3.56. The number of nitrogens with one attached hydrogen (secondary N) is 1. The quantitative estimate of drug-likeness (QED) is 0.579. The molecule has 0 aliphatic rings. The fourth-order valence-corrected chi connectivity index (χ4v) is 2.54. The standard InChI is InChI=1S/C18H15N7O2/c1-25(10-15-22-17(24-27-15)14-3-2-8-19-9-14)18(26)13-6-4-12(5-7-13)16-20-11-21-23-16/h2-9,11H,10H2,1H3,(H,20,21,23). The molecule has 4 rings (SSSR count). The Balaban J connectivity index is 1.44. The third-order valence-corrected chi connectivity index (χ3v) is 3.93. The molecule has 27 heavy (non-hydrogen) atoms. The van der Waals surface area contributed by atoms with Crippen LogP contribution in [0.2, 0.25) is 0 Å². The second-order valence-electron chi connectivity index (χ2n) is 5.83. The van der Waals surface area contributed by atoms with Crippen LogP contribution >= 0.6 is 0 Å². The van der Waals surface area contributed by atoms with Crippen LogP contribution in [0.25, 0.3) is 22.8 Å². The molecular weight excluding hydrogens is 346 g/mol. The highest BCUT2D eigenvalue weighted by Gasteiger charge is 2.16. The first kappa shape index (κ1) is 16.6. The molecule has 3 heterocycles. The average Bonchev–Trinajstić information content (AvgIpc) is 3.40. The van der Waals surface area contributed by atoms with Gasteiger partial charge in [-0.3, -0.25) is 14.9 Å². The second-order valence-corrected chi connectivity index (χ2v) is 5.83. The van der Waals surface area contributed by atoms with Crippen molar-refractivity contribution in [1.82, 2.24) is 35.2 Å². The fraction of sp³-hybridized carbons (Fsp3) is 0.111. The summed E-state index contributed by atoms with van der Waals surface area (Å²) in [6.45, 7) is 0.204. The fourth-order valence-electron chi connectivity index (χ4n) is 2.54. The Kier molecular flexibility index (Phi) is 4.40. The van der Waals surface area contributed by atoms with E-state index in [1.54, 1.807) is 37.6 Å². The van der Waals surface area contributed by atoms with E-state index in [1.807, 2.05) is 18.2 Å². The van der Waals surface area contributed by atoms with Crippen LogP contribution in [0.5, 0.6) is 0 Å². The van der Waals surface area contributed by atoms with Gasteiger partial charge >= 0.3 is 0 Å². The average molecular weight is 361 g/mol. The Morgan fingerprint density at radius 1 is 1.19 bits per heavy atom. The van der Waals surface area contributed by atoms with E-state index in [9.17, 15) is 4.79 Å². The molecule has 0 bridgehead atoms. The predicted octanol–water partition coefficient (Wildman–Crippen LogP) is 2.19. The van der Waals surface area contributed by atoms with E-state index >= 15 is 0 Å².